The molecular weight excluding hydrogens is 206 g/mol. The van der Waals surface area contributed by atoms with E-state index in [-0.39, 0.29) is 5.56 Å². The second-order valence-corrected chi connectivity index (χ2v) is 4.82. The first-order valence-electron chi connectivity index (χ1n) is 5.63. The zero-order valence-electron chi connectivity index (χ0n) is 9.62. The molecule has 0 bridgehead atoms. The standard InChI is InChI=1S/C11H17N3O2/c1-7-3-8(2)6-14(5-7)9-4-10(15)13-11(16)12-9/h4,7-8H,3,5-6H2,1-2H3,(H2,12,13,15,16). The predicted octanol–water partition coefficient (Wildman–Crippen LogP) is 0.545. The minimum Gasteiger partial charge on any atom is -0.357 e. The fraction of sp³-hybridized carbons (Fsp3) is 0.636. The van der Waals surface area contributed by atoms with Crippen LogP contribution in [0.25, 0.3) is 0 Å². The highest BCUT2D eigenvalue weighted by Crippen LogP contribution is 2.23. The second kappa shape index (κ2) is 4.15. The van der Waals surface area contributed by atoms with Crippen molar-refractivity contribution < 1.29 is 0 Å². The normalized spacial score (nSPS) is 25.8. The van der Waals surface area contributed by atoms with Crippen LogP contribution in [0.5, 0.6) is 0 Å². The summed E-state index contributed by atoms with van der Waals surface area (Å²) in [6, 6.07) is 1.45. The molecule has 5 heteroatoms. The van der Waals surface area contributed by atoms with Crippen LogP contribution >= 0.6 is 0 Å². The SMILES string of the molecule is CC1CC(C)CN(c2cc(=O)[nH]c(=O)[nH]2)C1. The molecule has 1 saturated heterocycles. The predicted molar refractivity (Wildman–Crippen MR) is 62.8 cm³/mol. The van der Waals surface area contributed by atoms with Gasteiger partial charge in [-0.15, -0.1) is 0 Å². The van der Waals surface area contributed by atoms with Crippen LogP contribution in [0, 0.1) is 11.8 Å². The molecule has 0 aliphatic carbocycles. The maximum Gasteiger partial charge on any atom is 0.327 e. The van der Waals surface area contributed by atoms with Crippen molar-refractivity contribution in [3.63, 3.8) is 0 Å². The zero-order chi connectivity index (χ0) is 11.7. The summed E-state index contributed by atoms with van der Waals surface area (Å²) in [5, 5.41) is 0. The van der Waals surface area contributed by atoms with Gasteiger partial charge in [-0.2, -0.15) is 0 Å². The van der Waals surface area contributed by atoms with Gasteiger partial charge in [0.1, 0.15) is 5.82 Å². The minimum atomic E-state index is -0.437. The van der Waals surface area contributed by atoms with E-state index < -0.39 is 5.69 Å². The maximum absolute atomic E-state index is 11.2. The topological polar surface area (TPSA) is 69.0 Å². The van der Waals surface area contributed by atoms with Gasteiger partial charge in [0.2, 0.25) is 0 Å². The van der Waals surface area contributed by atoms with E-state index >= 15 is 0 Å². The molecule has 16 heavy (non-hydrogen) atoms. The third-order valence-electron chi connectivity index (χ3n) is 2.96. The highest BCUT2D eigenvalue weighted by molar-refractivity contribution is 5.37. The van der Waals surface area contributed by atoms with Crippen LogP contribution in [0.1, 0.15) is 20.3 Å². The van der Waals surface area contributed by atoms with Crippen molar-refractivity contribution in [2.24, 2.45) is 11.8 Å². The lowest BCUT2D eigenvalue weighted by Gasteiger charge is -2.35. The molecule has 0 radical (unpaired) electrons. The fourth-order valence-corrected chi connectivity index (χ4v) is 2.49. The molecule has 2 heterocycles. The van der Waals surface area contributed by atoms with E-state index in [2.05, 4.69) is 28.7 Å². The van der Waals surface area contributed by atoms with E-state index in [1.165, 1.54) is 12.5 Å². The molecule has 1 fully saturated rings. The molecule has 0 spiro atoms. The lowest BCUT2D eigenvalue weighted by atomic mass is 9.92. The Hall–Kier alpha value is -1.52. The number of hydrogen-bond donors (Lipinski definition) is 2. The Labute approximate surface area is 93.5 Å². The van der Waals surface area contributed by atoms with E-state index in [0.717, 1.165) is 13.1 Å². The number of anilines is 1. The third kappa shape index (κ3) is 2.35. The molecule has 0 amide bonds. The number of nitrogens with one attached hydrogen (secondary N) is 2. The van der Waals surface area contributed by atoms with Crippen molar-refractivity contribution in [3.05, 3.63) is 26.9 Å². The summed E-state index contributed by atoms with van der Waals surface area (Å²) in [5.74, 6) is 1.81. The van der Waals surface area contributed by atoms with Gasteiger partial charge in [-0.1, -0.05) is 13.8 Å². The van der Waals surface area contributed by atoms with E-state index in [4.69, 9.17) is 0 Å². The highest BCUT2D eigenvalue weighted by atomic mass is 16.2. The fourth-order valence-electron chi connectivity index (χ4n) is 2.49. The summed E-state index contributed by atoms with van der Waals surface area (Å²) in [7, 11) is 0. The van der Waals surface area contributed by atoms with Gasteiger partial charge >= 0.3 is 5.69 Å². The molecule has 0 aromatic carbocycles. The van der Waals surface area contributed by atoms with Crippen LogP contribution in [0.2, 0.25) is 0 Å². The summed E-state index contributed by atoms with van der Waals surface area (Å²) in [4.78, 5) is 29.3. The van der Waals surface area contributed by atoms with Crippen molar-refractivity contribution in [1.82, 2.24) is 9.97 Å². The van der Waals surface area contributed by atoms with Gasteiger partial charge in [-0.25, -0.2) is 4.79 Å². The molecule has 0 saturated carbocycles. The first-order valence-corrected chi connectivity index (χ1v) is 5.63. The van der Waals surface area contributed by atoms with Gasteiger partial charge in [-0.3, -0.25) is 14.8 Å². The first kappa shape index (κ1) is 11.0. The van der Waals surface area contributed by atoms with Gasteiger partial charge in [0.05, 0.1) is 0 Å². The Bertz CT molecular complexity index is 438. The van der Waals surface area contributed by atoms with E-state index in [0.29, 0.717) is 17.7 Å². The van der Waals surface area contributed by atoms with Crippen molar-refractivity contribution in [3.8, 4) is 0 Å². The summed E-state index contributed by atoms with van der Waals surface area (Å²) in [6.07, 6.45) is 1.20. The summed E-state index contributed by atoms with van der Waals surface area (Å²) in [5.41, 5.74) is -0.780. The van der Waals surface area contributed by atoms with Crippen molar-refractivity contribution in [1.29, 1.82) is 0 Å². The average molecular weight is 223 g/mol. The van der Waals surface area contributed by atoms with Crippen molar-refractivity contribution in [2.45, 2.75) is 20.3 Å². The van der Waals surface area contributed by atoms with Gasteiger partial charge < -0.3 is 4.90 Å². The van der Waals surface area contributed by atoms with Crippen LogP contribution in [0.3, 0.4) is 0 Å². The quantitative estimate of drug-likeness (QED) is 0.730. The number of piperidine rings is 1. The van der Waals surface area contributed by atoms with Crippen LogP contribution in [0.4, 0.5) is 5.82 Å². The Morgan fingerprint density at radius 2 is 1.81 bits per heavy atom. The summed E-state index contributed by atoms with van der Waals surface area (Å²) >= 11 is 0. The minimum absolute atomic E-state index is 0.343. The van der Waals surface area contributed by atoms with E-state index in [1.54, 1.807) is 0 Å². The van der Waals surface area contributed by atoms with Gasteiger partial charge in [0.25, 0.3) is 5.56 Å². The lowest BCUT2D eigenvalue weighted by Crippen LogP contribution is -2.40. The number of aromatic nitrogens is 2. The van der Waals surface area contributed by atoms with Crippen molar-refractivity contribution in [2.75, 3.05) is 18.0 Å². The molecule has 1 aromatic rings. The van der Waals surface area contributed by atoms with Gasteiger partial charge in [-0.05, 0) is 18.3 Å². The number of hydrogen-bond acceptors (Lipinski definition) is 3. The van der Waals surface area contributed by atoms with Gasteiger partial charge in [0, 0.05) is 19.2 Å². The smallest absolute Gasteiger partial charge is 0.327 e. The molecule has 1 aliphatic rings. The number of H-pyrrole nitrogens is 2. The third-order valence-corrected chi connectivity index (χ3v) is 2.96. The molecule has 2 unspecified atom stereocenters. The highest BCUT2D eigenvalue weighted by Gasteiger charge is 2.22. The maximum atomic E-state index is 11.2. The van der Waals surface area contributed by atoms with Gasteiger partial charge in [0.15, 0.2) is 0 Å². The average Bonchev–Trinajstić information content (AvgIpc) is 2.14. The largest absolute Gasteiger partial charge is 0.357 e. The molecular formula is C11H17N3O2. The molecule has 1 aliphatic heterocycles. The Morgan fingerprint density at radius 1 is 1.19 bits per heavy atom. The van der Waals surface area contributed by atoms with Crippen LogP contribution < -0.4 is 16.1 Å². The van der Waals surface area contributed by atoms with E-state index in [9.17, 15) is 9.59 Å². The molecule has 2 rings (SSSR count). The Morgan fingerprint density at radius 3 is 2.38 bits per heavy atom. The molecule has 2 atom stereocenters. The second-order valence-electron chi connectivity index (χ2n) is 4.82. The number of aromatic amines is 2. The summed E-state index contributed by atoms with van der Waals surface area (Å²) in [6.45, 7) is 6.16. The monoisotopic (exact) mass is 223 g/mol. The molecule has 1 aromatic heterocycles. The van der Waals surface area contributed by atoms with Crippen LogP contribution in [0.15, 0.2) is 15.7 Å². The number of nitrogens with zero attached hydrogens (tertiary/aromatic N) is 1. The van der Waals surface area contributed by atoms with Crippen molar-refractivity contribution >= 4 is 5.82 Å². The molecule has 88 valence electrons. The first-order chi connectivity index (χ1) is 7.54. The molecule has 2 N–H and O–H groups in total. The van der Waals surface area contributed by atoms with E-state index in [1.807, 2.05) is 0 Å². The zero-order valence-corrected chi connectivity index (χ0v) is 9.62. The summed E-state index contributed by atoms with van der Waals surface area (Å²) < 4.78 is 0. The Balaban J connectivity index is 2.29. The Kier molecular flexibility index (Phi) is 2.85. The lowest BCUT2D eigenvalue weighted by molar-refractivity contribution is 0.355. The van der Waals surface area contributed by atoms with Crippen LogP contribution in [-0.4, -0.2) is 23.1 Å². The van der Waals surface area contributed by atoms with Crippen LogP contribution in [-0.2, 0) is 0 Å². The molecule has 5 nitrogen and oxygen atoms in total. The number of rotatable bonds is 1.